The zero-order valence-corrected chi connectivity index (χ0v) is 22.2. The molecule has 0 aliphatic carbocycles. The van der Waals surface area contributed by atoms with Crippen molar-refractivity contribution in [1.29, 1.82) is 0 Å². The van der Waals surface area contributed by atoms with E-state index in [0.29, 0.717) is 21.5 Å². The molecule has 0 spiro atoms. The summed E-state index contributed by atoms with van der Waals surface area (Å²) in [6.07, 6.45) is 2.58. The minimum absolute atomic E-state index is 0.0730. The standard InChI is InChI=1S/C27H23BrN2O3S2/c1-18-15-21(9-12-23(18)28)29-25(31)17-33-22-10-7-20(8-11-22)16-24-26(32)30(27(34)35-24)14-13-19-5-3-2-4-6-19/h2-12,15-16H,13-14,17H2,1H3,(H,29,31)/b24-16-. The van der Waals surface area contributed by atoms with Gasteiger partial charge in [-0.3, -0.25) is 14.5 Å². The van der Waals surface area contributed by atoms with Crippen LogP contribution in [-0.4, -0.2) is 34.2 Å². The number of nitrogens with zero attached hydrogens (tertiary/aromatic N) is 1. The monoisotopic (exact) mass is 566 g/mol. The second-order valence-corrected chi connectivity index (χ2v) is 10.5. The smallest absolute Gasteiger partial charge is 0.266 e. The van der Waals surface area contributed by atoms with Gasteiger partial charge in [-0.2, -0.15) is 0 Å². The highest BCUT2D eigenvalue weighted by atomic mass is 79.9. The maximum atomic E-state index is 12.9. The summed E-state index contributed by atoms with van der Waals surface area (Å²) >= 11 is 10.2. The van der Waals surface area contributed by atoms with E-state index >= 15 is 0 Å². The fourth-order valence-corrected chi connectivity index (χ4v) is 5.01. The molecule has 1 N–H and O–H groups in total. The molecule has 2 amide bonds. The molecular formula is C27H23BrN2O3S2. The SMILES string of the molecule is Cc1cc(NC(=O)COc2ccc(/C=C3\SC(=S)N(CCc4ccccc4)C3=O)cc2)ccc1Br. The van der Waals surface area contributed by atoms with Gasteiger partial charge in [-0.05, 0) is 66.4 Å². The maximum absolute atomic E-state index is 12.9. The molecule has 35 heavy (non-hydrogen) atoms. The molecule has 0 saturated carbocycles. The molecule has 8 heteroatoms. The van der Waals surface area contributed by atoms with Crippen LogP contribution in [0.3, 0.4) is 0 Å². The van der Waals surface area contributed by atoms with Gasteiger partial charge in [0.05, 0.1) is 4.91 Å². The van der Waals surface area contributed by atoms with Gasteiger partial charge in [0.2, 0.25) is 0 Å². The molecular weight excluding hydrogens is 544 g/mol. The second kappa shape index (κ2) is 11.7. The quantitative estimate of drug-likeness (QED) is 0.259. The molecule has 5 nitrogen and oxygen atoms in total. The number of hydrogen-bond acceptors (Lipinski definition) is 5. The van der Waals surface area contributed by atoms with Crippen molar-refractivity contribution in [3.8, 4) is 5.75 Å². The Hall–Kier alpha value is -2.94. The van der Waals surface area contributed by atoms with Gasteiger partial charge in [-0.1, -0.05) is 82.4 Å². The number of nitrogens with one attached hydrogen (secondary N) is 1. The van der Waals surface area contributed by atoms with Gasteiger partial charge in [0.1, 0.15) is 10.1 Å². The molecule has 0 radical (unpaired) electrons. The molecule has 0 aromatic heterocycles. The molecule has 0 unspecified atom stereocenters. The van der Waals surface area contributed by atoms with Crippen molar-refractivity contribution in [2.24, 2.45) is 0 Å². The van der Waals surface area contributed by atoms with Gasteiger partial charge in [0.25, 0.3) is 11.8 Å². The van der Waals surface area contributed by atoms with Gasteiger partial charge in [0.15, 0.2) is 6.61 Å². The van der Waals surface area contributed by atoms with Crippen molar-refractivity contribution in [3.05, 3.63) is 98.9 Å². The Morgan fingerprint density at radius 1 is 1.11 bits per heavy atom. The summed E-state index contributed by atoms with van der Waals surface area (Å²) in [5.41, 5.74) is 3.78. The van der Waals surface area contributed by atoms with Crippen molar-refractivity contribution < 1.29 is 14.3 Å². The summed E-state index contributed by atoms with van der Waals surface area (Å²) in [6, 6.07) is 22.9. The molecule has 0 atom stereocenters. The molecule has 1 saturated heterocycles. The molecule has 1 heterocycles. The number of hydrogen-bond donors (Lipinski definition) is 1. The third kappa shape index (κ3) is 6.81. The minimum Gasteiger partial charge on any atom is -0.484 e. The topological polar surface area (TPSA) is 58.6 Å². The Labute approximate surface area is 222 Å². The summed E-state index contributed by atoms with van der Waals surface area (Å²) < 4.78 is 7.17. The van der Waals surface area contributed by atoms with Gasteiger partial charge in [-0.25, -0.2) is 0 Å². The number of benzene rings is 3. The van der Waals surface area contributed by atoms with Crippen molar-refractivity contribution in [2.75, 3.05) is 18.5 Å². The number of carbonyl (C=O) groups is 2. The molecule has 4 rings (SSSR count). The van der Waals surface area contributed by atoms with E-state index in [4.69, 9.17) is 17.0 Å². The lowest BCUT2D eigenvalue weighted by Crippen LogP contribution is -2.30. The highest BCUT2D eigenvalue weighted by Gasteiger charge is 2.31. The summed E-state index contributed by atoms with van der Waals surface area (Å²) in [5, 5.41) is 2.82. The number of ether oxygens (including phenoxy) is 1. The number of halogens is 1. The summed E-state index contributed by atoms with van der Waals surface area (Å²) in [5.74, 6) is 0.255. The van der Waals surface area contributed by atoms with Crippen LogP contribution in [0, 0.1) is 6.92 Å². The first kappa shape index (κ1) is 25.2. The molecule has 0 bridgehead atoms. The van der Waals surface area contributed by atoms with Crippen LogP contribution >= 0.6 is 39.9 Å². The zero-order chi connectivity index (χ0) is 24.8. The lowest BCUT2D eigenvalue weighted by molar-refractivity contribution is -0.122. The number of amides is 2. The maximum Gasteiger partial charge on any atom is 0.266 e. The van der Waals surface area contributed by atoms with E-state index in [-0.39, 0.29) is 18.4 Å². The highest BCUT2D eigenvalue weighted by molar-refractivity contribution is 9.10. The average molecular weight is 568 g/mol. The third-order valence-corrected chi connectivity index (χ3v) is 7.60. The highest BCUT2D eigenvalue weighted by Crippen LogP contribution is 2.33. The number of thiocarbonyl (C=S) groups is 1. The fourth-order valence-electron chi connectivity index (χ4n) is 3.46. The van der Waals surface area contributed by atoms with E-state index < -0.39 is 0 Å². The van der Waals surface area contributed by atoms with E-state index in [1.807, 2.05) is 73.7 Å². The predicted molar refractivity (Wildman–Crippen MR) is 149 cm³/mol. The lowest BCUT2D eigenvalue weighted by atomic mass is 10.1. The summed E-state index contributed by atoms with van der Waals surface area (Å²) in [7, 11) is 0. The van der Waals surface area contributed by atoms with Crippen LogP contribution in [0.2, 0.25) is 0 Å². The number of anilines is 1. The Balaban J connectivity index is 1.30. The van der Waals surface area contributed by atoms with Crippen LogP contribution in [0.25, 0.3) is 6.08 Å². The third-order valence-electron chi connectivity index (χ3n) is 5.33. The van der Waals surface area contributed by atoms with E-state index in [1.165, 1.54) is 17.3 Å². The second-order valence-electron chi connectivity index (χ2n) is 7.94. The zero-order valence-electron chi connectivity index (χ0n) is 19.0. The molecule has 1 aliphatic heterocycles. The van der Waals surface area contributed by atoms with Crippen LogP contribution < -0.4 is 10.1 Å². The number of aryl methyl sites for hydroxylation is 1. The van der Waals surface area contributed by atoms with Crippen molar-refractivity contribution in [3.63, 3.8) is 0 Å². The van der Waals surface area contributed by atoms with Crippen LogP contribution in [0.15, 0.2) is 82.2 Å². The van der Waals surface area contributed by atoms with Crippen LogP contribution in [0.1, 0.15) is 16.7 Å². The van der Waals surface area contributed by atoms with Crippen LogP contribution in [0.5, 0.6) is 5.75 Å². The first-order valence-electron chi connectivity index (χ1n) is 11.0. The van der Waals surface area contributed by atoms with E-state index in [1.54, 1.807) is 17.0 Å². The largest absolute Gasteiger partial charge is 0.484 e. The van der Waals surface area contributed by atoms with Gasteiger partial charge >= 0.3 is 0 Å². The average Bonchev–Trinajstić information content (AvgIpc) is 3.12. The number of rotatable bonds is 8. The Morgan fingerprint density at radius 3 is 2.57 bits per heavy atom. The Morgan fingerprint density at radius 2 is 1.86 bits per heavy atom. The first-order valence-corrected chi connectivity index (χ1v) is 13.0. The van der Waals surface area contributed by atoms with Gasteiger partial charge in [0, 0.05) is 16.7 Å². The van der Waals surface area contributed by atoms with E-state index in [0.717, 1.165) is 27.7 Å². The van der Waals surface area contributed by atoms with E-state index in [2.05, 4.69) is 21.2 Å². The van der Waals surface area contributed by atoms with Crippen LogP contribution in [0.4, 0.5) is 5.69 Å². The van der Waals surface area contributed by atoms with Crippen molar-refractivity contribution in [2.45, 2.75) is 13.3 Å². The molecule has 178 valence electrons. The number of thioether (sulfide) groups is 1. The first-order chi connectivity index (χ1) is 16.9. The Kier molecular flexibility index (Phi) is 8.38. The van der Waals surface area contributed by atoms with Crippen molar-refractivity contribution >= 4 is 67.8 Å². The predicted octanol–water partition coefficient (Wildman–Crippen LogP) is 6.22. The van der Waals surface area contributed by atoms with E-state index in [9.17, 15) is 9.59 Å². The molecule has 3 aromatic rings. The van der Waals surface area contributed by atoms with Gasteiger partial charge in [-0.15, -0.1) is 0 Å². The number of carbonyl (C=O) groups excluding carboxylic acids is 2. The molecule has 3 aromatic carbocycles. The molecule has 1 fully saturated rings. The molecule has 1 aliphatic rings. The Bertz CT molecular complexity index is 1280. The summed E-state index contributed by atoms with van der Waals surface area (Å²) in [4.78, 5) is 27.3. The van der Waals surface area contributed by atoms with Crippen molar-refractivity contribution in [1.82, 2.24) is 4.90 Å². The van der Waals surface area contributed by atoms with Crippen LogP contribution in [-0.2, 0) is 16.0 Å². The normalized spacial score (nSPS) is 14.5. The minimum atomic E-state index is -0.241. The summed E-state index contributed by atoms with van der Waals surface area (Å²) in [6.45, 7) is 2.41. The lowest BCUT2D eigenvalue weighted by Gasteiger charge is -2.14. The van der Waals surface area contributed by atoms with Gasteiger partial charge < -0.3 is 10.1 Å². The fraction of sp³-hybridized carbons (Fsp3) is 0.148.